The third-order valence-corrected chi connectivity index (χ3v) is 4.00. The fourth-order valence-electron chi connectivity index (χ4n) is 2.61. The van der Waals surface area contributed by atoms with E-state index in [-0.39, 0.29) is 0 Å². The van der Waals surface area contributed by atoms with Gasteiger partial charge in [-0.1, -0.05) is 97.6 Å². The van der Waals surface area contributed by atoms with Gasteiger partial charge in [-0.25, -0.2) is 0 Å². The fourth-order valence-corrected chi connectivity index (χ4v) is 2.61. The molecule has 0 spiro atoms. The maximum Gasteiger partial charge on any atom is 0.0711 e. The second-order valence-electron chi connectivity index (χ2n) is 5.85. The average molecular weight is 323 g/mol. The van der Waals surface area contributed by atoms with Crippen LogP contribution in [0.2, 0.25) is 0 Å². The van der Waals surface area contributed by atoms with Crippen LogP contribution >= 0.6 is 0 Å². The van der Waals surface area contributed by atoms with Gasteiger partial charge in [0.2, 0.25) is 0 Å². The molecule has 0 aliphatic carbocycles. The lowest BCUT2D eigenvalue weighted by Gasteiger charge is -2.08. The lowest BCUT2D eigenvalue weighted by atomic mass is 10.0. The van der Waals surface area contributed by atoms with E-state index in [9.17, 15) is 0 Å². The summed E-state index contributed by atoms with van der Waals surface area (Å²) in [7, 11) is 0. The Kier molecular flexibility index (Phi) is 5.38. The van der Waals surface area contributed by atoms with E-state index >= 15 is 0 Å². The predicted molar refractivity (Wildman–Crippen MR) is 109 cm³/mol. The summed E-state index contributed by atoms with van der Waals surface area (Å²) in [5, 5.41) is 0. The molecule has 0 aromatic heterocycles. The van der Waals surface area contributed by atoms with Crippen molar-refractivity contribution in [2.75, 3.05) is 0 Å². The van der Waals surface area contributed by atoms with Crippen molar-refractivity contribution in [2.24, 2.45) is 4.99 Å². The van der Waals surface area contributed by atoms with Gasteiger partial charge in [0.1, 0.15) is 0 Å². The second-order valence-corrected chi connectivity index (χ2v) is 5.85. The molecule has 0 bridgehead atoms. The van der Waals surface area contributed by atoms with Gasteiger partial charge in [0.05, 0.1) is 5.70 Å². The summed E-state index contributed by atoms with van der Waals surface area (Å²) in [6.45, 7) is 6.26. The summed E-state index contributed by atoms with van der Waals surface area (Å²) in [5.74, 6) is 0. The molecular formula is C24H21N. The van der Waals surface area contributed by atoms with Crippen LogP contribution in [0.15, 0.2) is 109 Å². The van der Waals surface area contributed by atoms with Gasteiger partial charge in [-0.3, -0.25) is 4.99 Å². The van der Waals surface area contributed by atoms with Crippen LogP contribution in [0.1, 0.15) is 23.6 Å². The smallest absolute Gasteiger partial charge is 0.0711 e. The molecule has 0 fully saturated rings. The SMILES string of the molecule is C=C(/C=C(\N=C(C)c1ccccc1)c1ccccc1)c1ccccc1. The molecule has 122 valence electrons. The predicted octanol–water partition coefficient (Wildman–Crippen LogP) is 6.25. The van der Waals surface area contributed by atoms with E-state index in [2.05, 4.69) is 49.1 Å². The molecule has 0 amide bonds. The van der Waals surface area contributed by atoms with Gasteiger partial charge in [-0.15, -0.1) is 0 Å². The maximum atomic E-state index is 4.90. The third kappa shape index (κ3) is 4.42. The molecule has 3 aromatic carbocycles. The van der Waals surface area contributed by atoms with E-state index in [0.29, 0.717) is 0 Å². The Morgan fingerprint density at radius 2 is 1.12 bits per heavy atom. The van der Waals surface area contributed by atoms with Crippen molar-refractivity contribution < 1.29 is 0 Å². The van der Waals surface area contributed by atoms with Crippen molar-refractivity contribution in [2.45, 2.75) is 6.92 Å². The zero-order chi connectivity index (χ0) is 17.5. The van der Waals surface area contributed by atoms with E-state index in [1.165, 1.54) is 0 Å². The molecule has 0 saturated heterocycles. The Balaban J connectivity index is 2.02. The standard InChI is InChI=1S/C24H21N/c1-19(21-12-6-3-7-13-21)18-24(23-16-10-5-11-17-23)25-20(2)22-14-8-4-9-15-22/h3-18H,1H2,2H3/b24-18-,25-20?. The minimum Gasteiger partial charge on any atom is -0.252 e. The van der Waals surface area contributed by atoms with Crippen molar-refractivity contribution in [3.05, 3.63) is 120 Å². The highest BCUT2D eigenvalue weighted by molar-refractivity contribution is 6.02. The van der Waals surface area contributed by atoms with E-state index in [0.717, 1.165) is 33.7 Å². The molecular weight excluding hydrogens is 302 g/mol. The van der Waals surface area contributed by atoms with Crippen LogP contribution in [0.3, 0.4) is 0 Å². The fraction of sp³-hybridized carbons (Fsp3) is 0.0417. The van der Waals surface area contributed by atoms with Crippen LogP contribution in [0, 0.1) is 0 Å². The number of rotatable bonds is 5. The lowest BCUT2D eigenvalue weighted by molar-refractivity contribution is 1.47. The van der Waals surface area contributed by atoms with E-state index < -0.39 is 0 Å². The van der Waals surface area contributed by atoms with Crippen molar-refractivity contribution in [1.82, 2.24) is 0 Å². The van der Waals surface area contributed by atoms with Gasteiger partial charge in [0, 0.05) is 11.3 Å². The van der Waals surface area contributed by atoms with Crippen LogP contribution in [-0.2, 0) is 0 Å². The molecule has 25 heavy (non-hydrogen) atoms. The minimum absolute atomic E-state index is 0.913. The summed E-state index contributed by atoms with van der Waals surface area (Å²) in [5.41, 5.74) is 6.14. The van der Waals surface area contributed by atoms with Crippen LogP contribution in [0.25, 0.3) is 11.3 Å². The Morgan fingerprint density at radius 1 is 0.680 bits per heavy atom. The minimum atomic E-state index is 0.913. The van der Waals surface area contributed by atoms with Gasteiger partial charge in [0.25, 0.3) is 0 Å². The van der Waals surface area contributed by atoms with Crippen LogP contribution in [-0.4, -0.2) is 5.71 Å². The highest BCUT2D eigenvalue weighted by Crippen LogP contribution is 2.23. The van der Waals surface area contributed by atoms with Crippen LogP contribution in [0.5, 0.6) is 0 Å². The lowest BCUT2D eigenvalue weighted by Crippen LogP contribution is -1.95. The summed E-state index contributed by atoms with van der Waals surface area (Å²) in [6.07, 6.45) is 2.05. The molecule has 3 rings (SSSR count). The summed E-state index contributed by atoms with van der Waals surface area (Å²) >= 11 is 0. The summed E-state index contributed by atoms with van der Waals surface area (Å²) in [4.78, 5) is 4.90. The molecule has 0 radical (unpaired) electrons. The Morgan fingerprint density at radius 3 is 1.64 bits per heavy atom. The normalized spacial score (nSPS) is 12.0. The first kappa shape index (κ1) is 16.7. The first-order valence-electron chi connectivity index (χ1n) is 8.36. The summed E-state index contributed by atoms with van der Waals surface area (Å²) < 4.78 is 0. The largest absolute Gasteiger partial charge is 0.252 e. The topological polar surface area (TPSA) is 12.4 Å². The first-order chi connectivity index (χ1) is 12.2. The average Bonchev–Trinajstić information content (AvgIpc) is 2.69. The number of hydrogen-bond donors (Lipinski definition) is 0. The molecule has 0 unspecified atom stereocenters. The molecule has 0 aliphatic heterocycles. The zero-order valence-electron chi connectivity index (χ0n) is 14.4. The van der Waals surface area contributed by atoms with Crippen LogP contribution in [0.4, 0.5) is 0 Å². The molecule has 0 N–H and O–H groups in total. The van der Waals surface area contributed by atoms with Crippen molar-refractivity contribution in [3.8, 4) is 0 Å². The maximum absolute atomic E-state index is 4.90. The van der Waals surface area contributed by atoms with E-state index in [4.69, 9.17) is 4.99 Å². The van der Waals surface area contributed by atoms with E-state index in [1.807, 2.05) is 61.5 Å². The quantitative estimate of drug-likeness (QED) is 0.389. The summed E-state index contributed by atoms with van der Waals surface area (Å²) in [6, 6.07) is 30.6. The number of benzene rings is 3. The third-order valence-electron chi connectivity index (χ3n) is 4.00. The molecule has 1 heteroatoms. The number of aliphatic imine (C=N–C) groups is 1. The van der Waals surface area contributed by atoms with E-state index in [1.54, 1.807) is 0 Å². The first-order valence-corrected chi connectivity index (χ1v) is 8.36. The number of nitrogens with zero attached hydrogens (tertiary/aromatic N) is 1. The Hall–Kier alpha value is -3.19. The molecule has 0 heterocycles. The highest BCUT2D eigenvalue weighted by Gasteiger charge is 2.04. The van der Waals surface area contributed by atoms with Gasteiger partial charge < -0.3 is 0 Å². The number of allylic oxidation sites excluding steroid dienone is 2. The van der Waals surface area contributed by atoms with Crippen LogP contribution < -0.4 is 0 Å². The number of hydrogen-bond acceptors (Lipinski definition) is 1. The second kappa shape index (κ2) is 8.07. The zero-order valence-corrected chi connectivity index (χ0v) is 14.4. The molecule has 1 nitrogen and oxygen atoms in total. The van der Waals surface area contributed by atoms with Crippen molar-refractivity contribution >= 4 is 17.0 Å². The van der Waals surface area contributed by atoms with Gasteiger partial charge >= 0.3 is 0 Å². The van der Waals surface area contributed by atoms with Gasteiger partial charge in [-0.2, -0.15) is 0 Å². The molecule has 0 saturated carbocycles. The monoisotopic (exact) mass is 323 g/mol. The van der Waals surface area contributed by atoms with Gasteiger partial charge in [0.15, 0.2) is 0 Å². The molecule has 3 aromatic rings. The van der Waals surface area contributed by atoms with Gasteiger partial charge in [-0.05, 0) is 29.7 Å². The molecule has 0 aliphatic rings. The van der Waals surface area contributed by atoms with Crippen molar-refractivity contribution in [3.63, 3.8) is 0 Å². The Labute approximate surface area is 149 Å². The van der Waals surface area contributed by atoms with Crippen molar-refractivity contribution in [1.29, 1.82) is 0 Å². The molecule has 0 atom stereocenters. The Bertz CT molecular complexity index is 889. The highest BCUT2D eigenvalue weighted by atomic mass is 14.8.